The van der Waals surface area contributed by atoms with Crippen LogP contribution >= 0.6 is 0 Å². The van der Waals surface area contributed by atoms with E-state index in [0.29, 0.717) is 31.7 Å². The fourth-order valence-corrected chi connectivity index (χ4v) is 2.37. The van der Waals surface area contributed by atoms with Crippen molar-refractivity contribution in [1.29, 1.82) is 0 Å². The second-order valence-corrected chi connectivity index (χ2v) is 5.19. The Labute approximate surface area is 123 Å². The molecule has 1 fully saturated rings. The molecule has 0 saturated carbocycles. The molecule has 1 aliphatic rings. The Morgan fingerprint density at radius 1 is 1.24 bits per heavy atom. The molecule has 1 aromatic rings. The first-order chi connectivity index (χ1) is 9.97. The molecule has 2 rings (SSSR count). The molecule has 114 valence electrons. The number of hydrogen-bond acceptors (Lipinski definition) is 3. The molecule has 0 radical (unpaired) electrons. The van der Waals surface area contributed by atoms with Crippen molar-refractivity contribution in [1.82, 2.24) is 9.80 Å². The predicted molar refractivity (Wildman–Crippen MR) is 74.9 cm³/mol. The van der Waals surface area contributed by atoms with Crippen molar-refractivity contribution in [3.05, 3.63) is 35.6 Å². The molecule has 1 aromatic carbocycles. The molecule has 6 heteroatoms. The van der Waals surface area contributed by atoms with Crippen LogP contribution in [0, 0.1) is 5.82 Å². The van der Waals surface area contributed by atoms with Gasteiger partial charge in [-0.15, -0.1) is 0 Å². The van der Waals surface area contributed by atoms with Gasteiger partial charge in [0.2, 0.25) is 5.91 Å². The van der Waals surface area contributed by atoms with Gasteiger partial charge in [-0.3, -0.25) is 9.59 Å². The first kappa shape index (κ1) is 15.4. The van der Waals surface area contributed by atoms with Gasteiger partial charge >= 0.3 is 0 Å². The van der Waals surface area contributed by atoms with Gasteiger partial charge in [0.25, 0.3) is 5.91 Å². The summed E-state index contributed by atoms with van der Waals surface area (Å²) in [5.74, 6) is -0.746. The zero-order valence-corrected chi connectivity index (χ0v) is 12.0. The summed E-state index contributed by atoms with van der Waals surface area (Å²) >= 11 is 0. The molecule has 0 bridgehead atoms. The maximum Gasteiger partial charge on any atom is 0.251 e. The lowest BCUT2D eigenvalue weighted by atomic mass is 10.1. The number of amides is 2. The van der Waals surface area contributed by atoms with Gasteiger partial charge in [0.05, 0.1) is 6.42 Å². The van der Waals surface area contributed by atoms with Crippen LogP contribution in [0.15, 0.2) is 24.3 Å². The summed E-state index contributed by atoms with van der Waals surface area (Å²) in [7, 11) is 0. The SMILES string of the molecule is CC(O)C(=O)N1CCN(C(=O)Cc2cccc(F)c2)CC1. The fraction of sp³-hybridized carbons (Fsp3) is 0.467. The van der Waals surface area contributed by atoms with Gasteiger partial charge in [-0.05, 0) is 24.6 Å². The smallest absolute Gasteiger partial charge is 0.251 e. The fourth-order valence-electron chi connectivity index (χ4n) is 2.37. The Kier molecular flexibility index (Phi) is 4.90. The largest absolute Gasteiger partial charge is 0.384 e. The first-order valence-corrected chi connectivity index (χ1v) is 6.96. The van der Waals surface area contributed by atoms with E-state index in [4.69, 9.17) is 0 Å². The Morgan fingerprint density at radius 2 is 1.86 bits per heavy atom. The summed E-state index contributed by atoms with van der Waals surface area (Å²) in [6.45, 7) is 3.14. The van der Waals surface area contributed by atoms with Gasteiger partial charge in [-0.2, -0.15) is 0 Å². The number of aliphatic hydroxyl groups is 1. The highest BCUT2D eigenvalue weighted by Crippen LogP contribution is 2.09. The van der Waals surface area contributed by atoms with Gasteiger partial charge in [0.15, 0.2) is 0 Å². The molecule has 21 heavy (non-hydrogen) atoms. The van der Waals surface area contributed by atoms with E-state index in [1.807, 2.05) is 0 Å². The van der Waals surface area contributed by atoms with Crippen molar-refractivity contribution in [3.8, 4) is 0 Å². The molecule has 0 aromatic heterocycles. The van der Waals surface area contributed by atoms with E-state index in [2.05, 4.69) is 0 Å². The summed E-state index contributed by atoms with van der Waals surface area (Å²) in [6.07, 6.45) is -0.859. The van der Waals surface area contributed by atoms with Gasteiger partial charge in [0, 0.05) is 26.2 Å². The topological polar surface area (TPSA) is 60.9 Å². The lowest BCUT2D eigenvalue weighted by Gasteiger charge is -2.35. The Balaban J connectivity index is 1.87. The van der Waals surface area contributed by atoms with Crippen molar-refractivity contribution in [2.45, 2.75) is 19.4 Å². The van der Waals surface area contributed by atoms with Crippen LogP contribution in [-0.4, -0.2) is 59.0 Å². The quantitative estimate of drug-likeness (QED) is 0.879. The van der Waals surface area contributed by atoms with Crippen LogP contribution in [0.5, 0.6) is 0 Å². The molecule has 1 unspecified atom stereocenters. The molecule has 1 atom stereocenters. The molecule has 1 N–H and O–H groups in total. The first-order valence-electron chi connectivity index (χ1n) is 6.96. The standard InChI is InChI=1S/C15H19FN2O3/c1-11(19)15(21)18-7-5-17(6-8-18)14(20)10-12-3-2-4-13(16)9-12/h2-4,9,11,19H,5-8,10H2,1H3. The maximum atomic E-state index is 13.1. The Morgan fingerprint density at radius 3 is 2.43 bits per heavy atom. The van der Waals surface area contributed by atoms with Crippen molar-refractivity contribution < 1.29 is 19.1 Å². The number of halogens is 1. The van der Waals surface area contributed by atoms with E-state index >= 15 is 0 Å². The number of hydrogen-bond donors (Lipinski definition) is 1. The van der Waals surface area contributed by atoms with E-state index in [-0.39, 0.29) is 24.1 Å². The van der Waals surface area contributed by atoms with Crippen LogP contribution in [0.1, 0.15) is 12.5 Å². The average Bonchev–Trinajstić information content (AvgIpc) is 2.46. The van der Waals surface area contributed by atoms with Gasteiger partial charge in [0.1, 0.15) is 11.9 Å². The number of carbonyl (C=O) groups is 2. The molecule has 2 amide bonds. The van der Waals surface area contributed by atoms with Crippen LogP contribution in [-0.2, 0) is 16.0 Å². The van der Waals surface area contributed by atoms with Gasteiger partial charge in [-0.1, -0.05) is 12.1 Å². The van der Waals surface area contributed by atoms with Crippen molar-refractivity contribution in [2.75, 3.05) is 26.2 Å². The number of benzene rings is 1. The lowest BCUT2D eigenvalue weighted by molar-refractivity contribution is -0.144. The monoisotopic (exact) mass is 294 g/mol. The zero-order valence-electron chi connectivity index (χ0n) is 12.0. The molecule has 0 spiro atoms. The third-order valence-electron chi connectivity index (χ3n) is 3.55. The average molecular weight is 294 g/mol. The number of piperazine rings is 1. The summed E-state index contributed by atoms with van der Waals surface area (Å²) in [6, 6.07) is 5.99. The predicted octanol–water partition coefficient (Wildman–Crippen LogP) is 0.420. The maximum absolute atomic E-state index is 13.1. The van der Waals surface area contributed by atoms with Crippen LogP contribution in [0.4, 0.5) is 4.39 Å². The summed E-state index contributed by atoms with van der Waals surface area (Å²) in [5.41, 5.74) is 0.641. The van der Waals surface area contributed by atoms with Crippen LogP contribution in [0.3, 0.4) is 0 Å². The van der Waals surface area contributed by atoms with Crippen LogP contribution in [0.2, 0.25) is 0 Å². The minimum Gasteiger partial charge on any atom is -0.384 e. The second-order valence-electron chi connectivity index (χ2n) is 5.19. The summed E-state index contributed by atoms with van der Waals surface area (Å²) in [5, 5.41) is 9.26. The van der Waals surface area contributed by atoms with Crippen molar-refractivity contribution >= 4 is 11.8 Å². The normalized spacial score (nSPS) is 16.7. The van der Waals surface area contributed by atoms with E-state index in [0.717, 1.165) is 0 Å². The van der Waals surface area contributed by atoms with Crippen molar-refractivity contribution in [2.24, 2.45) is 0 Å². The summed E-state index contributed by atoms with van der Waals surface area (Å²) in [4.78, 5) is 27.0. The second kappa shape index (κ2) is 6.67. The molecule has 1 saturated heterocycles. The van der Waals surface area contributed by atoms with Gasteiger partial charge in [-0.25, -0.2) is 4.39 Å². The molecule has 1 aliphatic heterocycles. The molecular weight excluding hydrogens is 275 g/mol. The number of aliphatic hydroxyl groups excluding tert-OH is 1. The zero-order chi connectivity index (χ0) is 15.4. The molecule has 1 heterocycles. The summed E-state index contributed by atoms with van der Waals surface area (Å²) < 4.78 is 13.1. The Bertz CT molecular complexity index is 525. The minimum atomic E-state index is -1.01. The third-order valence-corrected chi connectivity index (χ3v) is 3.55. The Hall–Kier alpha value is -1.95. The molecular formula is C15H19FN2O3. The van der Waals surface area contributed by atoms with Crippen LogP contribution in [0.25, 0.3) is 0 Å². The van der Waals surface area contributed by atoms with E-state index in [1.54, 1.807) is 21.9 Å². The molecule has 0 aliphatic carbocycles. The highest BCUT2D eigenvalue weighted by atomic mass is 19.1. The minimum absolute atomic E-state index is 0.0789. The van der Waals surface area contributed by atoms with E-state index < -0.39 is 6.10 Å². The third kappa shape index (κ3) is 4.01. The van der Waals surface area contributed by atoms with E-state index in [1.165, 1.54) is 19.1 Å². The highest BCUT2D eigenvalue weighted by molar-refractivity contribution is 5.81. The number of rotatable bonds is 3. The lowest BCUT2D eigenvalue weighted by Crippen LogP contribution is -2.52. The number of carbonyl (C=O) groups excluding carboxylic acids is 2. The van der Waals surface area contributed by atoms with E-state index in [9.17, 15) is 19.1 Å². The highest BCUT2D eigenvalue weighted by Gasteiger charge is 2.25. The van der Waals surface area contributed by atoms with Crippen LogP contribution < -0.4 is 0 Å². The number of nitrogens with zero attached hydrogens (tertiary/aromatic N) is 2. The molecule has 5 nitrogen and oxygen atoms in total. The van der Waals surface area contributed by atoms with Gasteiger partial charge < -0.3 is 14.9 Å². The van der Waals surface area contributed by atoms with Crippen molar-refractivity contribution in [3.63, 3.8) is 0 Å².